The van der Waals surface area contributed by atoms with Crippen molar-refractivity contribution < 1.29 is 28.2 Å². The molecule has 1 aliphatic heterocycles. The predicted octanol–water partition coefficient (Wildman–Crippen LogP) is 4.45. The third-order valence-corrected chi connectivity index (χ3v) is 5.84. The van der Waals surface area contributed by atoms with Crippen molar-refractivity contribution in [1.82, 2.24) is 0 Å². The van der Waals surface area contributed by atoms with Crippen LogP contribution in [0.1, 0.15) is 23.5 Å². The van der Waals surface area contributed by atoms with E-state index in [9.17, 15) is 14.4 Å². The van der Waals surface area contributed by atoms with Gasteiger partial charge >= 0.3 is 11.9 Å². The first kappa shape index (κ1) is 21.5. The van der Waals surface area contributed by atoms with Gasteiger partial charge in [-0.3, -0.25) is 9.59 Å². The van der Waals surface area contributed by atoms with Crippen molar-refractivity contribution in [2.75, 3.05) is 13.7 Å². The summed E-state index contributed by atoms with van der Waals surface area (Å²) < 4.78 is 21.8. The highest BCUT2D eigenvalue weighted by Crippen LogP contribution is 2.45. The normalized spacial score (nSPS) is 14.9. The summed E-state index contributed by atoms with van der Waals surface area (Å²) in [5, 5.41) is 0.385. The number of esters is 2. The molecule has 5 rings (SSSR count). The van der Waals surface area contributed by atoms with Crippen molar-refractivity contribution in [1.29, 1.82) is 0 Å². The Labute approximate surface area is 194 Å². The minimum absolute atomic E-state index is 0.0227. The third kappa shape index (κ3) is 3.81. The first-order chi connectivity index (χ1) is 16.6. The van der Waals surface area contributed by atoms with Gasteiger partial charge in [-0.05, 0) is 23.8 Å². The topological polar surface area (TPSA) is 92.0 Å². The lowest BCUT2D eigenvalue weighted by molar-refractivity contribution is -0.143. The van der Waals surface area contributed by atoms with E-state index in [1.165, 1.54) is 13.4 Å². The number of rotatable bonds is 5. The molecule has 1 aromatic heterocycles. The zero-order valence-corrected chi connectivity index (χ0v) is 18.3. The third-order valence-electron chi connectivity index (χ3n) is 5.84. The molecule has 0 aliphatic carbocycles. The molecule has 4 aromatic rings. The van der Waals surface area contributed by atoms with Crippen LogP contribution in [0.2, 0.25) is 0 Å². The predicted molar refractivity (Wildman–Crippen MR) is 124 cm³/mol. The number of carbonyl (C=O) groups is 2. The molecule has 1 aliphatic rings. The Morgan fingerprint density at radius 2 is 1.76 bits per heavy atom. The van der Waals surface area contributed by atoms with Crippen LogP contribution in [-0.2, 0) is 14.3 Å². The fourth-order valence-electron chi connectivity index (χ4n) is 4.23. The number of hydrogen-bond acceptors (Lipinski definition) is 7. The number of carbonyl (C=O) groups excluding carboxylic acids is 2. The second-order valence-corrected chi connectivity index (χ2v) is 7.83. The van der Waals surface area contributed by atoms with Crippen molar-refractivity contribution in [3.63, 3.8) is 0 Å². The summed E-state index contributed by atoms with van der Waals surface area (Å²) in [5.41, 5.74) is 2.62. The second-order valence-electron chi connectivity index (χ2n) is 7.83. The summed E-state index contributed by atoms with van der Waals surface area (Å²) in [6.45, 7) is -0.275. The number of para-hydroxylation sites is 1. The summed E-state index contributed by atoms with van der Waals surface area (Å²) in [6.07, 6.45) is 1.46. The molecular formula is C27H20O7. The average molecular weight is 456 g/mol. The highest BCUT2D eigenvalue weighted by Gasteiger charge is 2.33. The molecule has 0 saturated heterocycles. The Bertz CT molecular complexity index is 1450. The lowest BCUT2D eigenvalue weighted by Crippen LogP contribution is -2.23. The number of methoxy groups -OCH3 is 1. The fraction of sp³-hybridized carbons (Fsp3) is 0.148. The molecule has 0 bridgehead atoms. The van der Waals surface area contributed by atoms with Gasteiger partial charge < -0.3 is 18.6 Å². The van der Waals surface area contributed by atoms with Gasteiger partial charge in [0.1, 0.15) is 23.3 Å². The molecule has 7 nitrogen and oxygen atoms in total. The highest BCUT2D eigenvalue weighted by molar-refractivity contribution is 5.90. The van der Waals surface area contributed by atoms with Gasteiger partial charge in [0.2, 0.25) is 5.43 Å². The minimum Gasteiger partial charge on any atom is -0.482 e. The lowest BCUT2D eigenvalue weighted by Gasteiger charge is -2.26. The van der Waals surface area contributed by atoms with E-state index in [4.69, 9.17) is 13.9 Å². The number of ether oxygens (including phenoxy) is 3. The van der Waals surface area contributed by atoms with Crippen LogP contribution in [0.4, 0.5) is 0 Å². The van der Waals surface area contributed by atoms with E-state index in [2.05, 4.69) is 4.74 Å². The molecule has 0 fully saturated rings. The van der Waals surface area contributed by atoms with E-state index >= 15 is 0 Å². The van der Waals surface area contributed by atoms with Crippen LogP contribution in [0.15, 0.2) is 82.2 Å². The molecule has 0 unspecified atom stereocenters. The molecule has 2 heterocycles. The van der Waals surface area contributed by atoms with Gasteiger partial charge in [-0.25, -0.2) is 4.79 Å². The summed E-state index contributed by atoms with van der Waals surface area (Å²) in [5.74, 6) is -0.684. The van der Waals surface area contributed by atoms with Crippen LogP contribution in [0, 0.1) is 0 Å². The average Bonchev–Trinajstić information content (AvgIpc) is 2.87. The SMILES string of the molecule is COC(=O)COc1ccccc1[C@@H]1CC(=O)Oc2ccc3c(=O)c(-c4ccccc4)coc3c21. The number of fused-ring (bicyclic) bond motifs is 3. The number of hydrogen-bond donors (Lipinski definition) is 0. The van der Waals surface area contributed by atoms with Crippen LogP contribution in [0.3, 0.4) is 0 Å². The van der Waals surface area contributed by atoms with E-state index in [1.807, 2.05) is 42.5 Å². The van der Waals surface area contributed by atoms with Crippen LogP contribution < -0.4 is 14.9 Å². The van der Waals surface area contributed by atoms with Crippen LogP contribution >= 0.6 is 0 Å². The van der Waals surface area contributed by atoms with Gasteiger partial charge in [-0.2, -0.15) is 0 Å². The van der Waals surface area contributed by atoms with Crippen LogP contribution in [0.5, 0.6) is 11.5 Å². The molecule has 0 N–H and O–H groups in total. The number of benzene rings is 3. The summed E-state index contributed by atoms with van der Waals surface area (Å²) in [6, 6.07) is 19.6. The van der Waals surface area contributed by atoms with E-state index in [1.54, 1.807) is 24.3 Å². The Balaban J connectivity index is 1.67. The van der Waals surface area contributed by atoms with E-state index in [0.29, 0.717) is 39.2 Å². The smallest absolute Gasteiger partial charge is 0.343 e. The Morgan fingerprint density at radius 1 is 1.00 bits per heavy atom. The van der Waals surface area contributed by atoms with Gasteiger partial charge in [-0.1, -0.05) is 48.5 Å². The first-order valence-corrected chi connectivity index (χ1v) is 10.7. The van der Waals surface area contributed by atoms with Gasteiger partial charge in [0.15, 0.2) is 6.61 Å². The molecule has 7 heteroatoms. The first-order valence-electron chi connectivity index (χ1n) is 10.7. The molecule has 0 spiro atoms. The van der Waals surface area contributed by atoms with Crippen molar-refractivity contribution in [2.45, 2.75) is 12.3 Å². The second kappa shape index (κ2) is 8.86. The monoisotopic (exact) mass is 456 g/mol. The molecule has 1 atom stereocenters. The lowest BCUT2D eigenvalue weighted by atomic mass is 9.84. The molecule has 0 saturated carbocycles. The molecule has 34 heavy (non-hydrogen) atoms. The maximum Gasteiger partial charge on any atom is 0.343 e. The van der Waals surface area contributed by atoms with Crippen molar-refractivity contribution in [2.24, 2.45) is 0 Å². The van der Waals surface area contributed by atoms with E-state index in [0.717, 1.165) is 5.56 Å². The standard InChI is InChI=1S/C27H20O7/c1-31-24(29)15-32-21-10-6-5-9-17(21)19-13-23(28)34-22-12-11-18-26(30)20(14-33-27(18)25(19)22)16-7-3-2-4-8-16/h2-12,14,19H,13,15H2,1H3/t19-/m0/s1. The van der Waals surface area contributed by atoms with Gasteiger partial charge in [0, 0.05) is 17.0 Å². The summed E-state index contributed by atoms with van der Waals surface area (Å²) in [7, 11) is 1.28. The minimum atomic E-state index is -0.525. The van der Waals surface area contributed by atoms with Gasteiger partial charge in [-0.15, -0.1) is 0 Å². The fourth-order valence-corrected chi connectivity index (χ4v) is 4.23. The zero-order valence-electron chi connectivity index (χ0n) is 18.3. The molecular weight excluding hydrogens is 436 g/mol. The molecule has 0 amide bonds. The summed E-state index contributed by atoms with van der Waals surface area (Å²) >= 11 is 0. The largest absolute Gasteiger partial charge is 0.482 e. The molecule has 3 aromatic carbocycles. The maximum atomic E-state index is 13.4. The van der Waals surface area contributed by atoms with Gasteiger partial charge in [0.05, 0.1) is 24.5 Å². The highest BCUT2D eigenvalue weighted by atomic mass is 16.6. The van der Waals surface area contributed by atoms with Crippen LogP contribution in [-0.4, -0.2) is 25.7 Å². The van der Waals surface area contributed by atoms with Gasteiger partial charge in [0.25, 0.3) is 0 Å². The molecule has 170 valence electrons. The van der Waals surface area contributed by atoms with Crippen LogP contribution in [0.25, 0.3) is 22.1 Å². The maximum absolute atomic E-state index is 13.4. The molecule has 0 radical (unpaired) electrons. The van der Waals surface area contributed by atoms with E-state index < -0.39 is 17.9 Å². The Hall–Kier alpha value is -4.39. The Kier molecular flexibility index (Phi) is 5.59. The van der Waals surface area contributed by atoms with Crippen molar-refractivity contribution >= 4 is 22.9 Å². The van der Waals surface area contributed by atoms with Crippen molar-refractivity contribution in [3.05, 3.63) is 94.3 Å². The summed E-state index contributed by atoms with van der Waals surface area (Å²) in [4.78, 5) is 37.4. The quantitative estimate of drug-likeness (QED) is 0.324. The Morgan fingerprint density at radius 3 is 2.56 bits per heavy atom. The zero-order chi connectivity index (χ0) is 23.7. The van der Waals surface area contributed by atoms with Crippen molar-refractivity contribution in [3.8, 4) is 22.6 Å². The van der Waals surface area contributed by atoms with E-state index in [-0.39, 0.29) is 18.5 Å².